The molecule has 1 fully saturated rings. The van der Waals surface area contributed by atoms with Crippen LogP contribution in [0.5, 0.6) is 0 Å². The molecule has 18 heavy (non-hydrogen) atoms. The topological polar surface area (TPSA) is 68.1 Å². The summed E-state index contributed by atoms with van der Waals surface area (Å²) in [6.45, 7) is 1.68. The van der Waals surface area contributed by atoms with E-state index >= 15 is 0 Å². The van der Waals surface area contributed by atoms with Crippen molar-refractivity contribution in [3.8, 4) is 0 Å². The Kier molecular flexibility index (Phi) is 4.12. The predicted octanol–water partition coefficient (Wildman–Crippen LogP) is 3.43. The maximum atomic E-state index is 10.7. The lowest BCUT2D eigenvalue weighted by Crippen LogP contribution is -2.19. The second-order valence-corrected chi connectivity index (χ2v) is 4.89. The molecule has 1 aromatic rings. The van der Waals surface area contributed by atoms with E-state index in [1.54, 1.807) is 13.0 Å². The molecule has 5 nitrogen and oxygen atoms in total. The predicted molar refractivity (Wildman–Crippen MR) is 70.7 cm³/mol. The molecule has 0 amide bonds. The Morgan fingerprint density at radius 3 is 2.50 bits per heavy atom. The Bertz CT molecular complexity index is 426. The first-order chi connectivity index (χ1) is 8.66. The van der Waals surface area contributed by atoms with E-state index in [9.17, 15) is 10.1 Å². The van der Waals surface area contributed by atoms with Crippen LogP contribution in [0.1, 0.15) is 44.2 Å². The third-order valence-electron chi connectivity index (χ3n) is 3.46. The molecule has 0 aliphatic heterocycles. The molecule has 1 aliphatic rings. The number of aromatic nitrogens is 1. The van der Waals surface area contributed by atoms with Gasteiger partial charge in [0.25, 0.3) is 5.69 Å². The van der Waals surface area contributed by atoms with E-state index in [-0.39, 0.29) is 5.69 Å². The molecule has 0 unspecified atom stereocenters. The normalized spacial score (nSPS) is 17.2. The fourth-order valence-corrected chi connectivity index (χ4v) is 2.46. The average Bonchev–Trinajstić information content (AvgIpc) is 2.57. The van der Waals surface area contributed by atoms with Gasteiger partial charge in [0.15, 0.2) is 0 Å². The van der Waals surface area contributed by atoms with Gasteiger partial charge in [-0.15, -0.1) is 0 Å². The third kappa shape index (κ3) is 3.18. The summed E-state index contributed by atoms with van der Waals surface area (Å²) in [4.78, 5) is 14.6. The quantitative estimate of drug-likeness (QED) is 0.506. The Morgan fingerprint density at radius 1 is 1.28 bits per heavy atom. The van der Waals surface area contributed by atoms with Gasteiger partial charge in [0.1, 0.15) is 11.5 Å². The van der Waals surface area contributed by atoms with Gasteiger partial charge < -0.3 is 5.32 Å². The molecule has 0 saturated heterocycles. The van der Waals surface area contributed by atoms with Gasteiger partial charge in [-0.3, -0.25) is 10.1 Å². The fraction of sp³-hybridized carbons (Fsp3) is 0.615. The van der Waals surface area contributed by atoms with Crippen LogP contribution >= 0.6 is 0 Å². The van der Waals surface area contributed by atoms with Crippen LogP contribution in [0.2, 0.25) is 0 Å². The summed E-state index contributed by atoms with van der Waals surface area (Å²) in [5.74, 6) is 0.755. The van der Waals surface area contributed by atoms with E-state index in [2.05, 4.69) is 10.3 Å². The summed E-state index contributed by atoms with van der Waals surface area (Å²) < 4.78 is 0. The molecule has 1 N–H and O–H groups in total. The second kappa shape index (κ2) is 5.80. The van der Waals surface area contributed by atoms with Crippen molar-refractivity contribution >= 4 is 11.5 Å². The average molecular weight is 249 g/mol. The van der Waals surface area contributed by atoms with Gasteiger partial charge in [0.2, 0.25) is 0 Å². The van der Waals surface area contributed by atoms with Crippen LogP contribution in [0, 0.1) is 17.0 Å². The van der Waals surface area contributed by atoms with Crippen LogP contribution < -0.4 is 5.32 Å². The lowest BCUT2D eigenvalue weighted by molar-refractivity contribution is -0.385. The monoisotopic (exact) mass is 249 g/mol. The SMILES string of the molecule is Cc1nc(NC2CCCCCC2)ccc1[N+](=O)[O-]. The lowest BCUT2D eigenvalue weighted by Gasteiger charge is -2.16. The molecule has 2 rings (SSSR count). The second-order valence-electron chi connectivity index (χ2n) is 4.89. The van der Waals surface area contributed by atoms with Crippen molar-refractivity contribution in [2.24, 2.45) is 0 Å². The summed E-state index contributed by atoms with van der Waals surface area (Å²) >= 11 is 0. The smallest absolute Gasteiger partial charge is 0.290 e. The first-order valence-electron chi connectivity index (χ1n) is 6.55. The summed E-state index contributed by atoms with van der Waals surface area (Å²) in [6, 6.07) is 3.69. The van der Waals surface area contributed by atoms with Gasteiger partial charge in [-0.05, 0) is 25.8 Å². The van der Waals surface area contributed by atoms with Crippen LogP contribution in [0.3, 0.4) is 0 Å². The third-order valence-corrected chi connectivity index (χ3v) is 3.46. The summed E-state index contributed by atoms with van der Waals surface area (Å²) in [5, 5.41) is 14.1. The van der Waals surface area contributed by atoms with Gasteiger partial charge in [0.05, 0.1) is 4.92 Å². The number of nitrogens with zero attached hydrogens (tertiary/aromatic N) is 2. The number of hydrogen-bond acceptors (Lipinski definition) is 4. The highest BCUT2D eigenvalue weighted by Gasteiger charge is 2.15. The molecule has 0 spiro atoms. The number of nitro groups is 1. The maximum absolute atomic E-state index is 10.7. The molecule has 0 bridgehead atoms. The van der Waals surface area contributed by atoms with Crippen molar-refractivity contribution in [2.45, 2.75) is 51.5 Å². The van der Waals surface area contributed by atoms with Crippen molar-refractivity contribution in [3.05, 3.63) is 27.9 Å². The first kappa shape index (κ1) is 12.8. The molecular formula is C13H19N3O2. The van der Waals surface area contributed by atoms with Gasteiger partial charge in [-0.25, -0.2) is 4.98 Å². The minimum Gasteiger partial charge on any atom is -0.367 e. The number of rotatable bonds is 3. The zero-order valence-electron chi connectivity index (χ0n) is 10.7. The van der Waals surface area contributed by atoms with Gasteiger partial charge >= 0.3 is 0 Å². The summed E-state index contributed by atoms with van der Waals surface area (Å²) in [7, 11) is 0. The number of pyridine rings is 1. The highest BCUT2D eigenvalue weighted by atomic mass is 16.6. The summed E-state index contributed by atoms with van der Waals surface area (Å²) in [5.41, 5.74) is 0.556. The molecule has 0 radical (unpaired) electrons. The van der Waals surface area contributed by atoms with E-state index in [0.29, 0.717) is 11.7 Å². The molecule has 1 aromatic heterocycles. The Balaban J connectivity index is 2.05. The van der Waals surface area contributed by atoms with E-state index in [4.69, 9.17) is 0 Å². The minimum absolute atomic E-state index is 0.0846. The Labute approximate surface area is 107 Å². The fourth-order valence-electron chi connectivity index (χ4n) is 2.46. The van der Waals surface area contributed by atoms with Crippen molar-refractivity contribution in [3.63, 3.8) is 0 Å². The largest absolute Gasteiger partial charge is 0.367 e. The van der Waals surface area contributed by atoms with Crippen LogP contribution in [-0.4, -0.2) is 15.9 Å². The minimum atomic E-state index is -0.391. The Morgan fingerprint density at radius 2 is 1.94 bits per heavy atom. The van der Waals surface area contributed by atoms with E-state index < -0.39 is 4.92 Å². The molecule has 5 heteroatoms. The van der Waals surface area contributed by atoms with Crippen LogP contribution in [0.4, 0.5) is 11.5 Å². The molecule has 1 aliphatic carbocycles. The van der Waals surface area contributed by atoms with Gasteiger partial charge in [-0.1, -0.05) is 25.7 Å². The zero-order chi connectivity index (χ0) is 13.0. The standard InChI is InChI=1S/C13H19N3O2/c1-10-12(16(17)18)8-9-13(14-10)15-11-6-4-2-3-5-7-11/h8-9,11H,2-7H2,1H3,(H,14,15). The zero-order valence-corrected chi connectivity index (χ0v) is 10.7. The molecule has 1 saturated carbocycles. The van der Waals surface area contributed by atoms with E-state index in [1.807, 2.05) is 0 Å². The van der Waals surface area contributed by atoms with Crippen molar-refractivity contribution in [2.75, 3.05) is 5.32 Å². The van der Waals surface area contributed by atoms with Crippen LogP contribution in [-0.2, 0) is 0 Å². The number of hydrogen-bond donors (Lipinski definition) is 1. The van der Waals surface area contributed by atoms with E-state index in [0.717, 1.165) is 18.7 Å². The lowest BCUT2D eigenvalue weighted by atomic mass is 10.1. The van der Waals surface area contributed by atoms with Crippen LogP contribution in [0.25, 0.3) is 0 Å². The van der Waals surface area contributed by atoms with Crippen molar-refractivity contribution in [1.82, 2.24) is 4.98 Å². The van der Waals surface area contributed by atoms with Crippen LogP contribution in [0.15, 0.2) is 12.1 Å². The van der Waals surface area contributed by atoms with Crippen molar-refractivity contribution < 1.29 is 4.92 Å². The first-order valence-corrected chi connectivity index (χ1v) is 6.55. The highest BCUT2D eigenvalue weighted by Crippen LogP contribution is 2.22. The molecule has 1 heterocycles. The van der Waals surface area contributed by atoms with Gasteiger partial charge in [0, 0.05) is 12.1 Å². The van der Waals surface area contributed by atoms with Crippen molar-refractivity contribution in [1.29, 1.82) is 0 Å². The molecule has 0 atom stereocenters. The molecular weight excluding hydrogens is 230 g/mol. The molecule has 0 aromatic carbocycles. The maximum Gasteiger partial charge on any atom is 0.290 e. The Hall–Kier alpha value is -1.65. The number of aryl methyl sites for hydroxylation is 1. The molecule has 98 valence electrons. The van der Waals surface area contributed by atoms with E-state index in [1.165, 1.54) is 31.7 Å². The number of nitrogens with one attached hydrogen (secondary N) is 1. The summed E-state index contributed by atoms with van der Waals surface area (Å²) in [6.07, 6.45) is 7.46. The van der Waals surface area contributed by atoms with Gasteiger partial charge in [-0.2, -0.15) is 0 Å². The number of anilines is 1. The highest BCUT2D eigenvalue weighted by molar-refractivity contribution is 5.45.